The van der Waals surface area contributed by atoms with Crippen molar-refractivity contribution < 1.29 is 9.84 Å². The number of halogens is 1. The van der Waals surface area contributed by atoms with E-state index in [1.165, 1.54) is 24.0 Å². The summed E-state index contributed by atoms with van der Waals surface area (Å²) in [7, 11) is 1.63. The molecular weight excluding hydrogens is 328 g/mol. The van der Waals surface area contributed by atoms with E-state index in [-0.39, 0.29) is 0 Å². The number of ether oxygens (including phenoxy) is 1. The van der Waals surface area contributed by atoms with Crippen LogP contribution in [0.15, 0.2) is 40.9 Å². The predicted molar refractivity (Wildman–Crippen MR) is 87.8 cm³/mol. The van der Waals surface area contributed by atoms with Crippen LogP contribution in [0.5, 0.6) is 5.75 Å². The van der Waals surface area contributed by atoms with E-state index in [1.807, 2.05) is 24.3 Å². The van der Waals surface area contributed by atoms with Crippen LogP contribution in [0.25, 0.3) is 0 Å². The fraction of sp³-hybridized carbons (Fsp3) is 0.333. The Morgan fingerprint density at radius 1 is 1.05 bits per heavy atom. The summed E-state index contributed by atoms with van der Waals surface area (Å²) in [6.07, 6.45) is 4.14. The summed E-state index contributed by atoms with van der Waals surface area (Å²) >= 11 is 3.43. The summed E-state index contributed by atoms with van der Waals surface area (Å²) in [6.45, 7) is 0. The predicted octanol–water partition coefficient (Wildman–Crippen LogP) is 4.42. The van der Waals surface area contributed by atoms with Crippen molar-refractivity contribution in [3.63, 3.8) is 0 Å². The minimum atomic E-state index is -0.653. The molecule has 0 radical (unpaired) electrons. The molecule has 21 heavy (non-hydrogen) atoms. The van der Waals surface area contributed by atoms with Gasteiger partial charge in [0.1, 0.15) is 11.9 Å². The maximum absolute atomic E-state index is 10.7. The van der Waals surface area contributed by atoms with E-state index in [1.54, 1.807) is 7.11 Å². The number of rotatable bonds is 3. The van der Waals surface area contributed by atoms with Gasteiger partial charge in [0, 0.05) is 10.0 Å². The van der Waals surface area contributed by atoms with Gasteiger partial charge in [0.25, 0.3) is 0 Å². The third-order valence-corrected chi connectivity index (χ3v) is 4.67. The molecule has 3 rings (SSSR count). The lowest BCUT2D eigenvalue weighted by atomic mass is 9.88. The molecule has 110 valence electrons. The maximum Gasteiger partial charge on any atom is 0.126 e. The minimum Gasteiger partial charge on any atom is -0.496 e. The standard InChI is InChI=1S/C18H19BrO2/c1-21-17-11-15(19)8-9-16(17)18(20)14-7-6-12-4-2-3-5-13(12)10-14/h6-11,18,20H,2-5H2,1H3. The van der Waals surface area contributed by atoms with Gasteiger partial charge in [0.15, 0.2) is 0 Å². The third-order valence-electron chi connectivity index (χ3n) is 4.18. The average molecular weight is 347 g/mol. The van der Waals surface area contributed by atoms with Crippen molar-refractivity contribution >= 4 is 15.9 Å². The van der Waals surface area contributed by atoms with Crippen LogP contribution in [0.1, 0.15) is 41.2 Å². The van der Waals surface area contributed by atoms with E-state index in [2.05, 4.69) is 28.1 Å². The molecule has 0 saturated heterocycles. The number of benzene rings is 2. The van der Waals surface area contributed by atoms with Crippen LogP contribution in [0.4, 0.5) is 0 Å². The van der Waals surface area contributed by atoms with Crippen LogP contribution in [0.3, 0.4) is 0 Å². The largest absolute Gasteiger partial charge is 0.496 e. The van der Waals surface area contributed by atoms with Crippen LogP contribution in [0, 0.1) is 0 Å². The number of aliphatic hydroxyl groups is 1. The highest BCUT2D eigenvalue weighted by molar-refractivity contribution is 9.10. The van der Waals surface area contributed by atoms with E-state index >= 15 is 0 Å². The van der Waals surface area contributed by atoms with Gasteiger partial charge in [-0.05, 0) is 54.5 Å². The molecular formula is C18H19BrO2. The second-order valence-electron chi connectivity index (χ2n) is 5.52. The Morgan fingerprint density at radius 3 is 2.57 bits per heavy atom. The molecule has 0 heterocycles. The molecule has 0 fully saturated rings. The van der Waals surface area contributed by atoms with Crippen molar-refractivity contribution in [2.24, 2.45) is 0 Å². The Morgan fingerprint density at radius 2 is 1.81 bits per heavy atom. The summed E-state index contributed by atoms with van der Waals surface area (Å²) in [6, 6.07) is 12.1. The van der Waals surface area contributed by atoms with E-state index in [4.69, 9.17) is 4.74 Å². The molecule has 0 saturated carbocycles. The van der Waals surface area contributed by atoms with Gasteiger partial charge >= 0.3 is 0 Å². The van der Waals surface area contributed by atoms with Gasteiger partial charge in [0.05, 0.1) is 7.11 Å². The van der Waals surface area contributed by atoms with E-state index in [0.29, 0.717) is 5.75 Å². The normalized spacial score (nSPS) is 15.4. The molecule has 0 bridgehead atoms. The first kappa shape index (κ1) is 14.6. The third kappa shape index (κ3) is 2.99. The summed E-state index contributed by atoms with van der Waals surface area (Å²) in [5.74, 6) is 0.703. The molecule has 2 aromatic carbocycles. The number of methoxy groups -OCH3 is 1. The monoisotopic (exact) mass is 346 g/mol. The van der Waals surface area contributed by atoms with Crippen molar-refractivity contribution in [3.8, 4) is 5.75 Å². The fourth-order valence-corrected chi connectivity index (χ4v) is 3.35. The molecule has 1 atom stereocenters. The Kier molecular flexibility index (Phi) is 4.32. The lowest BCUT2D eigenvalue weighted by molar-refractivity contribution is 0.214. The molecule has 2 aromatic rings. The molecule has 0 aliphatic heterocycles. The Bertz CT molecular complexity index is 652. The zero-order valence-electron chi connectivity index (χ0n) is 12.1. The summed E-state index contributed by atoms with van der Waals surface area (Å²) in [5, 5.41) is 10.7. The summed E-state index contributed by atoms with van der Waals surface area (Å²) in [4.78, 5) is 0. The van der Waals surface area contributed by atoms with Gasteiger partial charge in [-0.15, -0.1) is 0 Å². The Balaban J connectivity index is 1.96. The topological polar surface area (TPSA) is 29.5 Å². The van der Waals surface area contributed by atoms with Crippen LogP contribution < -0.4 is 4.74 Å². The molecule has 1 aliphatic rings. The van der Waals surface area contributed by atoms with Gasteiger partial charge in [-0.1, -0.05) is 40.2 Å². The zero-order chi connectivity index (χ0) is 14.8. The van der Waals surface area contributed by atoms with Crippen LogP contribution in [-0.2, 0) is 12.8 Å². The number of aryl methyl sites for hydroxylation is 2. The van der Waals surface area contributed by atoms with Gasteiger partial charge in [0.2, 0.25) is 0 Å². The quantitative estimate of drug-likeness (QED) is 0.891. The molecule has 1 aliphatic carbocycles. The van der Waals surface area contributed by atoms with Crippen molar-refractivity contribution in [1.29, 1.82) is 0 Å². The second-order valence-corrected chi connectivity index (χ2v) is 6.44. The first-order chi connectivity index (χ1) is 10.2. The molecule has 2 nitrogen and oxygen atoms in total. The first-order valence-electron chi connectivity index (χ1n) is 7.32. The Hall–Kier alpha value is -1.32. The Labute approximate surface area is 133 Å². The smallest absolute Gasteiger partial charge is 0.126 e. The van der Waals surface area contributed by atoms with Crippen molar-refractivity contribution in [2.45, 2.75) is 31.8 Å². The summed E-state index contributed by atoms with van der Waals surface area (Å²) < 4.78 is 6.34. The highest BCUT2D eigenvalue weighted by atomic mass is 79.9. The SMILES string of the molecule is COc1cc(Br)ccc1C(O)c1ccc2c(c1)CCCC2. The van der Waals surface area contributed by atoms with Crippen molar-refractivity contribution in [2.75, 3.05) is 7.11 Å². The van der Waals surface area contributed by atoms with E-state index < -0.39 is 6.10 Å². The average Bonchev–Trinajstić information content (AvgIpc) is 2.53. The van der Waals surface area contributed by atoms with Crippen molar-refractivity contribution in [3.05, 3.63) is 63.1 Å². The number of fused-ring (bicyclic) bond motifs is 1. The molecule has 1 N–H and O–H groups in total. The lowest BCUT2D eigenvalue weighted by Gasteiger charge is -2.20. The van der Waals surface area contributed by atoms with Gasteiger partial charge < -0.3 is 9.84 Å². The van der Waals surface area contributed by atoms with Gasteiger partial charge in [-0.2, -0.15) is 0 Å². The van der Waals surface area contributed by atoms with E-state index in [0.717, 1.165) is 28.4 Å². The van der Waals surface area contributed by atoms with Crippen LogP contribution in [0.2, 0.25) is 0 Å². The number of aliphatic hydroxyl groups excluding tert-OH is 1. The summed E-state index contributed by atoms with van der Waals surface area (Å²) in [5.41, 5.74) is 4.56. The lowest BCUT2D eigenvalue weighted by Crippen LogP contribution is -2.07. The molecule has 0 amide bonds. The second kappa shape index (κ2) is 6.20. The molecule has 3 heteroatoms. The van der Waals surface area contributed by atoms with Crippen molar-refractivity contribution in [1.82, 2.24) is 0 Å². The number of hydrogen-bond acceptors (Lipinski definition) is 2. The fourth-order valence-electron chi connectivity index (χ4n) is 3.01. The molecule has 0 aromatic heterocycles. The highest BCUT2D eigenvalue weighted by Crippen LogP contribution is 2.34. The minimum absolute atomic E-state index is 0.653. The molecule has 0 spiro atoms. The first-order valence-corrected chi connectivity index (χ1v) is 8.11. The van der Waals surface area contributed by atoms with Gasteiger partial charge in [-0.25, -0.2) is 0 Å². The maximum atomic E-state index is 10.7. The van der Waals surface area contributed by atoms with Crippen LogP contribution in [-0.4, -0.2) is 12.2 Å². The van der Waals surface area contributed by atoms with Gasteiger partial charge in [-0.3, -0.25) is 0 Å². The number of hydrogen-bond donors (Lipinski definition) is 1. The van der Waals surface area contributed by atoms with E-state index in [9.17, 15) is 5.11 Å². The molecule has 1 unspecified atom stereocenters. The van der Waals surface area contributed by atoms with Crippen LogP contribution >= 0.6 is 15.9 Å². The highest BCUT2D eigenvalue weighted by Gasteiger charge is 2.18. The zero-order valence-corrected chi connectivity index (χ0v) is 13.7.